The lowest BCUT2D eigenvalue weighted by molar-refractivity contribution is -0.139. The summed E-state index contributed by atoms with van der Waals surface area (Å²) in [5.41, 5.74) is 1.01. The number of nitrogens with zero attached hydrogens (tertiary/aromatic N) is 1. The lowest BCUT2D eigenvalue weighted by Crippen LogP contribution is -2.44. The number of carbonyl (C=O) groups is 2. The summed E-state index contributed by atoms with van der Waals surface area (Å²) in [4.78, 5) is 25.6. The van der Waals surface area contributed by atoms with Crippen molar-refractivity contribution in [3.8, 4) is 5.75 Å². The number of rotatable bonds is 8. The summed E-state index contributed by atoms with van der Waals surface area (Å²) in [6, 6.07) is 4.53. The lowest BCUT2D eigenvalue weighted by Gasteiger charge is -2.24. The number of hydrogen-bond acceptors (Lipinski definition) is 5. The van der Waals surface area contributed by atoms with Crippen molar-refractivity contribution < 1.29 is 24.2 Å². The van der Waals surface area contributed by atoms with Crippen LogP contribution in [0.1, 0.15) is 40.2 Å². The summed E-state index contributed by atoms with van der Waals surface area (Å²) < 4.78 is 10.6. The van der Waals surface area contributed by atoms with Crippen LogP contribution >= 0.6 is 0 Å². The minimum absolute atomic E-state index is 0.0935. The summed E-state index contributed by atoms with van der Waals surface area (Å²) >= 11 is 0. The Morgan fingerprint density at radius 1 is 1.23 bits per heavy atom. The van der Waals surface area contributed by atoms with Gasteiger partial charge in [-0.2, -0.15) is 0 Å². The lowest BCUT2D eigenvalue weighted by atomic mass is 10.0. The molecule has 26 heavy (non-hydrogen) atoms. The van der Waals surface area contributed by atoms with Crippen LogP contribution in [-0.4, -0.2) is 49.0 Å². The highest BCUT2D eigenvalue weighted by atomic mass is 16.6. The van der Waals surface area contributed by atoms with Crippen molar-refractivity contribution in [2.75, 3.05) is 25.1 Å². The molecular formula is C19H30N2O5. The van der Waals surface area contributed by atoms with Crippen molar-refractivity contribution in [1.29, 1.82) is 0 Å². The molecule has 0 spiro atoms. The van der Waals surface area contributed by atoms with Gasteiger partial charge in [0.1, 0.15) is 17.4 Å². The van der Waals surface area contributed by atoms with E-state index in [1.165, 1.54) is 0 Å². The molecule has 0 aromatic heterocycles. The zero-order valence-corrected chi connectivity index (χ0v) is 16.5. The van der Waals surface area contributed by atoms with E-state index in [1.807, 2.05) is 18.2 Å². The van der Waals surface area contributed by atoms with Gasteiger partial charge in [-0.1, -0.05) is 6.07 Å². The number of carboxylic acid groups (broad SMARTS) is 1. The van der Waals surface area contributed by atoms with Gasteiger partial charge in [0, 0.05) is 31.3 Å². The average molecular weight is 366 g/mol. The number of ether oxygens (including phenoxy) is 2. The number of nitrogens with one attached hydrogen (secondary N) is 1. The van der Waals surface area contributed by atoms with Crippen LogP contribution in [-0.2, 0) is 16.0 Å². The number of methoxy groups -OCH3 is 1. The molecule has 146 valence electrons. The van der Waals surface area contributed by atoms with E-state index in [0.29, 0.717) is 11.3 Å². The zero-order chi connectivity index (χ0) is 19.9. The minimum Gasteiger partial charge on any atom is -0.496 e. The number of carbonyl (C=O) groups excluding carboxylic acids is 1. The number of carboxylic acids is 1. The van der Waals surface area contributed by atoms with Gasteiger partial charge in [0.25, 0.3) is 0 Å². The van der Waals surface area contributed by atoms with Crippen LogP contribution in [0.15, 0.2) is 18.2 Å². The predicted octanol–water partition coefficient (Wildman–Crippen LogP) is 3.06. The Bertz CT molecular complexity index is 621. The van der Waals surface area contributed by atoms with Crippen LogP contribution in [0, 0.1) is 0 Å². The molecule has 0 bridgehead atoms. The minimum atomic E-state index is -1.13. The largest absolute Gasteiger partial charge is 0.496 e. The molecule has 0 saturated heterocycles. The second-order valence-corrected chi connectivity index (χ2v) is 6.91. The van der Waals surface area contributed by atoms with E-state index in [9.17, 15) is 14.7 Å². The molecule has 1 aromatic carbocycles. The average Bonchev–Trinajstić information content (AvgIpc) is 2.54. The molecular weight excluding hydrogens is 336 g/mol. The van der Waals surface area contributed by atoms with E-state index < -0.39 is 23.7 Å². The molecule has 1 unspecified atom stereocenters. The summed E-state index contributed by atoms with van der Waals surface area (Å²) in [7, 11) is 1.54. The Labute approximate surface area is 155 Å². The van der Waals surface area contributed by atoms with E-state index >= 15 is 0 Å². The van der Waals surface area contributed by atoms with Crippen LogP contribution in [0.25, 0.3) is 0 Å². The zero-order valence-electron chi connectivity index (χ0n) is 16.5. The fourth-order valence-electron chi connectivity index (χ4n) is 2.56. The number of benzene rings is 1. The van der Waals surface area contributed by atoms with Crippen LogP contribution in [0.5, 0.6) is 5.75 Å². The maximum absolute atomic E-state index is 11.9. The Hall–Kier alpha value is -2.44. The highest BCUT2D eigenvalue weighted by Gasteiger charge is 2.25. The molecule has 7 nitrogen and oxygen atoms in total. The van der Waals surface area contributed by atoms with Crippen LogP contribution in [0.2, 0.25) is 0 Å². The molecule has 0 saturated carbocycles. The van der Waals surface area contributed by atoms with Gasteiger partial charge >= 0.3 is 12.1 Å². The van der Waals surface area contributed by atoms with Gasteiger partial charge in [-0.3, -0.25) is 0 Å². The van der Waals surface area contributed by atoms with Gasteiger partial charge in [-0.05, 0) is 46.2 Å². The quantitative estimate of drug-likeness (QED) is 0.735. The van der Waals surface area contributed by atoms with Crippen molar-refractivity contribution in [2.24, 2.45) is 0 Å². The fourth-order valence-corrected chi connectivity index (χ4v) is 2.56. The Kier molecular flexibility index (Phi) is 7.74. The van der Waals surface area contributed by atoms with Crippen molar-refractivity contribution in [3.05, 3.63) is 23.8 Å². The molecule has 0 heterocycles. The SMILES string of the molecule is CCN(CC)c1ccc(CC(NC(=O)OC(C)(C)C)C(=O)O)c(OC)c1. The third-order valence-electron chi connectivity index (χ3n) is 3.81. The number of amides is 1. The van der Waals surface area contributed by atoms with Crippen molar-refractivity contribution in [1.82, 2.24) is 5.32 Å². The molecule has 1 aromatic rings. The normalized spacial score (nSPS) is 12.2. The van der Waals surface area contributed by atoms with Crippen LogP contribution in [0.4, 0.5) is 10.5 Å². The Morgan fingerprint density at radius 2 is 1.85 bits per heavy atom. The maximum atomic E-state index is 11.9. The number of anilines is 1. The second kappa shape index (κ2) is 9.31. The first-order valence-corrected chi connectivity index (χ1v) is 8.75. The fraction of sp³-hybridized carbons (Fsp3) is 0.579. The van der Waals surface area contributed by atoms with Crippen molar-refractivity contribution in [2.45, 2.75) is 52.7 Å². The van der Waals surface area contributed by atoms with Crippen molar-refractivity contribution >= 4 is 17.7 Å². The molecule has 0 aliphatic heterocycles. The van der Waals surface area contributed by atoms with Crippen LogP contribution in [0.3, 0.4) is 0 Å². The van der Waals surface area contributed by atoms with Gasteiger partial charge in [0.05, 0.1) is 7.11 Å². The summed E-state index contributed by atoms with van der Waals surface area (Å²) in [5, 5.41) is 11.9. The molecule has 1 atom stereocenters. The first kappa shape index (κ1) is 21.6. The molecule has 0 aliphatic carbocycles. The first-order chi connectivity index (χ1) is 12.1. The monoisotopic (exact) mass is 366 g/mol. The third kappa shape index (κ3) is 6.46. The molecule has 7 heteroatoms. The van der Waals surface area contributed by atoms with Gasteiger partial charge in [0.15, 0.2) is 0 Å². The highest BCUT2D eigenvalue weighted by molar-refractivity contribution is 5.80. The topological polar surface area (TPSA) is 88.1 Å². The van der Waals surface area contributed by atoms with Crippen LogP contribution < -0.4 is 15.0 Å². The van der Waals surface area contributed by atoms with E-state index in [1.54, 1.807) is 27.9 Å². The van der Waals surface area contributed by atoms with E-state index in [4.69, 9.17) is 9.47 Å². The predicted molar refractivity (Wildman–Crippen MR) is 101 cm³/mol. The molecule has 0 radical (unpaired) electrons. The Morgan fingerprint density at radius 3 is 2.31 bits per heavy atom. The smallest absolute Gasteiger partial charge is 0.408 e. The summed E-state index contributed by atoms with van der Waals surface area (Å²) in [6.45, 7) is 11.0. The Balaban J connectivity index is 2.98. The highest BCUT2D eigenvalue weighted by Crippen LogP contribution is 2.27. The van der Waals surface area contributed by atoms with Gasteiger partial charge < -0.3 is 24.8 Å². The molecule has 0 fully saturated rings. The maximum Gasteiger partial charge on any atom is 0.408 e. The summed E-state index contributed by atoms with van der Waals surface area (Å²) in [5.74, 6) is -0.544. The van der Waals surface area contributed by atoms with E-state index in [2.05, 4.69) is 24.1 Å². The van der Waals surface area contributed by atoms with Gasteiger partial charge in [-0.25, -0.2) is 9.59 Å². The third-order valence-corrected chi connectivity index (χ3v) is 3.81. The first-order valence-electron chi connectivity index (χ1n) is 8.75. The van der Waals surface area contributed by atoms with E-state index in [0.717, 1.165) is 18.8 Å². The molecule has 1 amide bonds. The number of alkyl carbamates (subject to hydrolysis) is 1. The van der Waals surface area contributed by atoms with E-state index in [-0.39, 0.29) is 6.42 Å². The van der Waals surface area contributed by atoms with Crippen molar-refractivity contribution in [3.63, 3.8) is 0 Å². The molecule has 0 aliphatic rings. The standard InChI is InChI=1S/C19H30N2O5/c1-7-21(8-2)14-10-9-13(16(12-14)25-6)11-15(17(22)23)20-18(24)26-19(3,4)5/h9-10,12,15H,7-8,11H2,1-6H3,(H,20,24)(H,22,23). The molecule has 2 N–H and O–H groups in total. The second-order valence-electron chi connectivity index (χ2n) is 6.91. The number of hydrogen-bond donors (Lipinski definition) is 2. The number of aliphatic carboxylic acids is 1. The van der Waals surface area contributed by atoms with Gasteiger partial charge in [-0.15, -0.1) is 0 Å². The van der Waals surface area contributed by atoms with Gasteiger partial charge in [0.2, 0.25) is 0 Å². The molecule has 1 rings (SSSR count). The summed E-state index contributed by atoms with van der Waals surface area (Å²) in [6.07, 6.45) is -0.667.